The van der Waals surface area contributed by atoms with Crippen LogP contribution < -0.4 is 0 Å². The van der Waals surface area contributed by atoms with Crippen LogP contribution in [0.4, 0.5) is 0 Å². The summed E-state index contributed by atoms with van der Waals surface area (Å²) in [5, 5.41) is 12.7. The van der Waals surface area contributed by atoms with Crippen LogP contribution in [-0.4, -0.2) is 5.11 Å². The predicted octanol–water partition coefficient (Wildman–Crippen LogP) is 3.68. The van der Waals surface area contributed by atoms with Gasteiger partial charge in [-0.05, 0) is 45.9 Å². The normalized spacial score (nSPS) is 10.8. The second-order valence-corrected chi connectivity index (χ2v) is 4.45. The zero-order valence-corrected chi connectivity index (χ0v) is 8.87. The Hall–Kier alpha value is -0.540. The van der Waals surface area contributed by atoms with Crippen LogP contribution >= 0.6 is 27.3 Å². The van der Waals surface area contributed by atoms with Gasteiger partial charge in [0.15, 0.2) is 0 Å². The van der Waals surface area contributed by atoms with Gasteiger partial charge >= 0.3 is 0 Å². The monoisotopic (exact) mass is 242 g/mol. The summed E-state index contributed by atoms with van der Waals surface area (Å²) in [6.07, 6.45) is 0. The Morgan fingerprint density at radius 1 is 1.42 bits per heavy atom. The molecule has 0 aliphatic rings. The number of fused-ring (bicyclic) bond motifs is 1. The first-order chi connectivity index (χ1) is 5.70. The standard InChI is InChI=1S/C9H7BrOS/c1-5-4-12-7-3-2-6(10)9(11)8(5)7/h2-4,11H,1H3. The molecule has 2 rings (SSSR count). The molecule has 0 bridgehead atoms. The summed E-state index contributed by atoms with van der Waals surface area (Å²) in [5.74, 6) is 0.353. The van der Waals surface area contributed by atoms with Crippen LogP contribution in [0, 0.1) is 6.92 Å². The Morgan fingerprint density at radius 3 is 2.92 bits per heavy atom. The molecule has 0 spiro atoms. The summed E-state index contributed by atoms with van der Waals surface area (Å²) < 4.78 is 1.89. The Bertz CT molecular complexity index is 433. The third-order valence-corrected chi connectivity index (χ3v) is 3.55. The Morgan fingerprint density at radius 2 is 2.17 bits per heavy atom. The van der Waals surface area contributed by atoms with Gasteiger partial charge in [-0.3, -0.25) is 0 Å². The Labute approximate surface area is 82.8 Å². The highest BCUT2D eigenvalue weighted by molar-refractivity contribution is 9.10. The maximum absolute atomic E-state index is 9.69. The fraction of sp³-hybridized carbons (Fsp3) is 0.111. The van der Waals surface area contributed by atoms with E-state index in [-0.39, 0.29) is 0 Å². The highest BCUT2D eigenvalue weighted by atomic mass is 79.9. The first-order valence-corrected chi connectivity index (χ1v) is 5.22. The van der Waals surface area contributed by atoms with Crippen LogP contribution in [0.15, 0.2) is 22.0 Å². The summed E-state index contributed by atoms with van der Waals surface area (Å²) in [4.78, 5) is 0. The van der Waals surface area contributed by atoms with Gasteiger partial charge in [-0.25, -0.2) is 0 Å². The fourth-order valence-corrected chi connectivity index (χ4v) is 2.51. The number of aryl methyl sites for hydroxylation is 1. The lowest BCUT2D eigenvalue weighted by Gasteiger charge is -1.98. The minimum absolute atomic E-state index is 0.353. The van der Waals surface area contributed by atoms with Gasteiger partial charge < -0.3 is 5.11 Å². The molecule has 0 saturated carbocycles. The van der Waals surface area contributed by atoms with Crippen molar-refractivity contribution in [1.82, 2.24) is 0 Å². The zero-order valence-electron chi connectivity index (χ0n) is 6.47. The van der Waals surface area contributed by atoms with Gasteiger partial charge in [-0.2, -0.15) is 0 Å². The van der Waals surface area contributed by atoms with E-state index in [1.165, 1.54) is 0 Å². The molecule has 1 aromatic carbocycles. The van der Waals surface area contributed by atoms with Crippen molar-refractivity contribution in [3.05, 3.63) is 27.5 Å². The summed E-state index contributed by atoms with van der Waals surface area (Å²) in [6, 6.07) is 3.88. The molecule has 0 radical (unpaired) electrons. The molecule has 62 valence electrons. The smallest absolute Gasteiger partial charge is 0.138 e. The van der Waals surface area contributed by atoms with Gasteiger partial charge in [0, 0.05) is 10.1 Å². The number of aromatic hydroxyl groups is 1. The molecule has 1 N–H and O–H groups in total. The van der Waals surface area contributed by atoms with E-state index in [9.17, 15) is 5.11 Å². The second kappa shape index (κ2) is 2.75. The van der Waals surface area contributed by atoms with E-state index in [1.807, 2.05) is 19.1 Å². The van der Waals surface area contributed by atoms with Gasteiger partial charge in [0.1, 0.15) is 5.75 Å². The second-order valence-electron chi connectivity index (χ2n) is 2.69. The lowest BCUT2D eigenvalue weighted by atomic mass is 10.2. The SMILES string of the molecule is Cc1csc2ccc(Br)c(O)c12. The van der Waals surface area contributed by atoms with Crippen molar-refractivity contribution in [2.24, 2.45) is 0 Å². The zero-order chi connectivity index (χ0) is 8.72. The van der Waals surface area contributed by atoms with Gasteiger partial charge in [0.2, 0.25) is 0 Å². The summed E-state index contributed by atoms with van der Waals surface area (Å²) in [5.41, 5.74) is 1.13. The van der Waals surface area contributed by atoms with E-state index in [2.05, 4.69) is 21.3 Å². The van der Waals surface area contributed by atoms with E-state index in [0.29, 0.717) is 5.75 Å². The average Bonchev–Trinajstić information content (AvgIpc) is 2.41. The summed E-state index contributed by atoms with van der Waals surface area (Å²) in [7, 11) is 0. The van der Waals surface area contributed by atoms with E-state index >= 15 is 0 Å². The molecule has 0 saturated heterocycles. The molecule has 0 aliphatic carbocycles. The molecular weight excluding hydrogens is 236 g/mol. The first-order valence-electron chi connectivity index (χ1n) is 3.55. The molecular formula is C9H7BrOS. The number of halogens is 1. The maximum atomic E-state index is 9.69. The molecule has 1 heterocycles. The molecule has 0 atom stereocenters. The molecule has 12 heavy (non-hydrogen) atoms. The molecule has 1 nitrogen and oxygen atoms in total. The summed E-state index contributed by atoms with van der Waals surface area (Å²) in [6.45, 7) is 2.00. The van der Waals surface area contributed by atoms with Crippen LogP contribution in [0.3, 0.4) is 0 Å². The highest BCUT2D eigenvalue weighted by Gasteiger charge is 2.07. The molecule has 3 heteroatoms. The van der Waals surface area contributed by atoms with Crippen molar-refractivity contribution in [2.45, 2.75) is 6.92 Å². The van der Waals surface area contributed by atoms with E-state index < -0.39 is 0 Å². The number of hydrogen-bond acceptors (Lipinski definition) is 2. The highest BCUT2D eigenvalue weighted by Crippen LogP contribution is 2.37. The van der Waals surface area contributed by atoms with Gasteiger partial charge in [0.25, 0.3) is 0 Å². The topological polar surface area (TPSA) is 20.2 Å². The Balaban J connectivity index is 2.96. The number of thiophene rings is 1. The number of phenolic OH excluding ortho intramolecular Hbond substituents is 1. The minimum atomic E-state index is 0.353. The lowest BCUT2D eigenvalue weighted by molar-refractivity contribution is 0.478. The number of hydrogen-bond donors (Lipinski definition) is 1. The van der Waals surface area contributed by atoms with E-state index in [4.69, 9.17) is 0 Å². The van der Waals surface area contributed by atoms with Crippen molar-refractivity contribution >= 4 is 37.4 Å². The largest absolute Gasteiger partial charge is 0.506 e. The van der Waals surface area contributed by atoms with Crippen LogP contribution in [0.2, 0.25) is 0 Å². The van der Waals surface area contributed by atoms with E-state index in [0.717, 1.165) is 20.1 Å². The lowest BCUT2D eigenvalue weighted by Crippen LogP contribution is -1.72. The fourth-order valence-electron chi connectivity index (χ4n) is 1.24. The average molecular weight is 243 g/mol. The Kier molecular flexibility index (Phi) is 1.85. The van der Waals surface area contributed by atoms with Crippen molar-refractivity contribution in [3.8, 4) is 5.75 Å². The maximum Gasteiger partial charge on any atom is 0.138 e. The van der Waals surface area contributed by atoms with Crippen LogP contribution in [0.5, 0.6) is 5.75 Å². The van der Waals surface area contributed by atoms with Crippen molar-refractivity contribution in [2.75, 3.05) is 0 Å². The third-order valence-electron chi connectivity index (χ3n) is 1.85. The van der Waals surface area contributed by atoms with Gasteiger partial charge in [0.05, 0.1) is 4.47 Å². The molecule has 2 aromatic rings. The molecule has 1 aromatic heterocycles. The van der Waals surface area contributed by atoms with Crippen molar-refractivity contribution in [3.63, 3.8) is 0 Å². The van der Waals surface area contributed by atoms with Crippen molar-refractivity contribution < 1.29 is 5.11 Å². The van der Waals surface area contributed by atoms with Crippen LogP contribution in [0.25, 0.3) is 10.1 Å². The minimum Gasteiger partial charge on any atom is -0.506 e. The van der Waals surface area contributed by atoms with Crippen LogP contribution in [-0.2, 0) is 0 Å². The van der Waals surface area contributed by atoms with Gasteiger partial charge in [-0.15, -0.1) is 11.3 Å². The quantitative estimate of drug-likeness (QED) is 0.748. The van der Waals surface area contributed by atoms with Gasteiger partial charge in [-0.1, -0.05) is 0 Å². The molecule has 0 amide bonds. The number of rotatable bonds is 0. The molecule has 0 unspecified atom stereocenters. The first kappa shape index (κ1) is 8.08. The summed E-state index contributed by atoms with van der Waals surface area (Å²) >= 11 is 4.95. The van der Waals surface area contributed by atoms with Crippen molar-refractivity contribution in [1.29, 1.82) is 0 Å². The third kappa shape index (κ3) is 1.04. The number of phenols is 1. The molecule has 0 fully saturated rings. The van der Waals surface area contributed by atoms with E-state index in [1.54, 1.807) is 11.3 Å². The predicted molar refractivity (Wildman–Crippen MR) is 55.9 cm³/mol. The van der Waals surface area contributed by atoms with Crippen LogP contribution in [0.1, 0.15) is 5.56 Å². The number of benzene rings is 1. The molecule has 0 aliphatic heterocycles.